The summed E-state index contributed by atoms with van der Waals surface area (Å²) in [5.74, 6) is 0.733. The summed E-state index contributed by atoms with van der Waals surface area (Å²) < 4.78 is 0. The first-order valence-electron chi connectivity index (χ1n) is 7.93. The Hall–Kier alpha value is -0.0800. The maximum atomic E-state index is 3.80. The molecular weight excluding hydrogens is 220 g/mol. The summed E-state index contributed by atoms with van der Waals surface area (Å²) in [7, 11) is 0. The van der Waals surface area contributed by atoms with Gasteiger partial charge in [-0.25, -0.2) is 0 Å². The lowest BCUT2D eigenvalue weighted by Gasteiger charge is -2.46. The molecule has 2 unspecified atom stereocenters. The molecule has 2 heteroatoms. The van der Waals surface area contributed by atoms with Gasteiger partial charge in [0.15, 0.2) is 0 Å². The third-order valence-corrected chi connectivity index (χ3v) is 4.27. The summed E-state index contributed by atoms with van der Waals surface area (Å²) in [5.41, 5.74) is 0.229. The maximum absolute atomic E-state index is 3.80. The predicted molar refractivity (Wildman–Crippen MR) is 83.2 cm³/mol. The van der Waals surface area contributed by atoms with E-state index in [-0.39, 0.29) is 5.54 Å². The number of hydrogen-bond donors (Lipinski definition) is 1. The molecule has 0 saturated heterocycles. The van der Waals surface area contributed by atoms with Crippen molar-refractivity contribution in [3.8, 4) is 0 Å². The zero-order valence-electron chi connectivity index (χ0n) is 13.8. The van der Waals surface area contributed by atoms with Crippen LogP contribution in [0.25, 0.3) is 0 Å². The van der Waals surface area contributed by atoms with E-state index in [2.05, 4.69) is 58.7 Å². The zero-order chi connectivity index (χ0) is 14.2. The first kappa shape index (κ1) is 17.9. The zero-order valence-corrected chi connectivity index (χ0v) is 13.8. The van der Waals surface area contributed by atoms with E-state index in [1.54, 1.807) is 0 Å². The van der Waals surface area contributed by atoms with Crippen molar-refractivity contribution in [1.82, 2.24) is 10.2 Å². The van der Waals surface area contributed by atoms with Crippen LogP contribution in [-0.4, -0.2) is 36.1 Å². The summed E-state index contributed by atoms with van der Waals surface area (Å²) in [6.07, 6.45) is 3.80. The Morgan fingerprint density at radius 2 is 1.56 bits per heavy atom. The van der Waals surface area contributed by atoms with Crippen LogP contribution >= 0.6 is 0 Å². The van der Waals surface area contributed by atoms with Gasteiger partial charge in [-0.05, 0) is 52.2 Å². The number of hydrogen-bond acceptors (Lipinski definition) is 2. The highest BCUT2D eigenvalue weighted by atomic mass is 15.2. The molecule has 2 nitrogen and oxygen atoms in total. The highest BCUT2D eigenvalue weighted by Crippen LogP contribution is 2.26. The Balaban J connectivity index is 4.89. The Labute approximate surface area is 116 Å². The largest absolute Gasteiger partial charge is 0.312 e. The normalized spacial score (nSPS) is 16.0. The molecule has 2 atom stereocenters. The molecule has 0 rings (SSSR count). The molecule has 110 valence electrons. The number of nitrogens with one attached hydrogen (secondary N) is 1. The number of likely N-dealkylation sites (N-methyl/N-ethyl adjacent to an activating group) is 1. The van der Waals surface area contributed by atoms with Crippen LogP contribution in [0.2, 0.25) is 0 Å². The second kappa shape index (κ2) is 8.92. The SMILES string of the molecule is CCCNC(C(C)CCC)C(C)(C)N(CC)CC. The molecule has 0 aromatic heterocycles. The fourth-order valence-electron chi connectivity index (χ4n) is 3.30. The van der Waals surface area contributed by atoms with E-state index >= 15 is 0 Å². The molecular formula is C16H36N2. The summed E-state index contributed by atoms with van der Waals surface area (Å²) in [6, 6.07) is 0.581. The van der Waals surface area contributed by atoms with Crippen LogP contribution in [-0.2, 0) is 0 Å². The molecule has 1 N–H and O–H groups in total. The van der Waals surface area contributed by atoms with Crippen LogP contribution < -0.4 is 5.32 Å². The molecule has 0 aliphatic heterocycles. The Kier molecular flexibility index (Phi) is 8.89. The van der Waals surface area contributed by atoms with E-state index in [0.29, 0.717) is 6.04 Å². The Morgan fingerprint density at radius 1 is 1.00 bits per heavy atom. The van der Waals surface area contributed by atoms with Crippen molar-refractivity contribution >= 4 is 0 Å². The lowest BCUT2D eigenvalue weighted by Crippen LogP contribution is -2.60. The quantitative estimate of drug-likeness (QED) is 0.637. The fraction of sp³-hybridized carbons (Fsp3) is 1.00. The summed E-state index contributed by atoms with van der Waals surface area (Å²) in [6.45, 7) is 19.7. The average Bonchev–Trinajstić information content (AvgIpc) is 2.30. The highest BCUT2D eigenvalue weighted by Gasteiger charge is 2.36. The maximum Gasteiger partial charge on any atom is 0.0308 e. The highest BCUT2D eigenvalue weighted by molar-refractivity contribution is 4.95. The van der Waals surface area contributed by atoms with Crippen LogP contribution in [0.1, 0.15) is 67.7 Å². The van der Waals surface area contributed by atoms with Gasteiger partial charge in [-0.15, -0.1) is 0 Å². The van der Waals surface area contributed by atoms with Gasteiger partial charge >= 0.3 is 0 Å². The molecule has 0 aromatic rings. The van der Waals surface area contributed by atoms with E-state index in [4.69, 9.17) is 0 Å². The molecule has 0 amide bonds. The number of nitrogens with zero attached hydrogens (tertiary/aromatic N) is 1. The van der Waals surface area contributed by atoms with Crippen molar-refractivity contribution in [2.75, 3.05) is 19.6 Å². The summed E-state index contributed by atoms with van der Waals surface area (Å²) in [5, 5.41) is 3.80. The standard InChI is InChI=1S/C16H36N2/c1-8-12-14(5)15(17-13-9-2)16(6,7)18(10-3)11-4/h14-15,17H,8-13H2,1-7H3. The monoisotopic (exact) mass is 256 g/mol. The summed E-state index contributed by atoms with van der Waals surface area (Å²) in [4.78, 5) is 2.59. The molecule has 0 bridgehead atoms. The van der Waals surface area contributed by atoms with E-state index in [1.165, 1.54) is 19.3 Å². The first-order chi connectivity index (χ1) is 8.45. The summed E-state index contributed by atoms with van der Waals surface area (Å²) >= 11 is 0. The van der Waals surface area contributed by atoms with E-state index in [9.17, 15) is 0 Å². The van der Waals surface area contributed by atoms with Crippen molar-refractivity contribution in [2.24, 2.45) is 5.92 Å². The average molecular weight is 256 g/mol. The topological polar surface area (TPSA) is 15.3 Å². The van der Waals surface area contributed by atoms with Crippen molar-refractivity contribution in [3.63, 3.8) is 0 Å². The molecule has 0 aliphatic carbocycles. The van der Waals surface area contributed by atoms with Crippen LogP contribution in [0.5, 0.6) is 0 Å². The molecule has 0 aliphatic rings. The Bertz CT molecular complexity index is 197. The van der Waals surface area contributed by atoms with Gasteiger partial charge in [-0.3, -0.25) is 4.90 Å². The fourth-order valence-corrected chi connectivity index (χ4v) is 3.30. The lowest BCUT2D eigenvalue weighted by molar-refractivity contribution is 0.0661. The molecule has 0 radical (unpaired) electrons. The molecule has 0 spiro atoms. The van der Waals surface area contributed by atoms with Gasteiger partial charge in [0.05, 0.1) is 0 Å². The third-order valence-electron chi connectivity index (χ3n) is 4.27. The minimum atomic E-state index is 0.229. The molecule has 0 aromatic carbocycles. The molecule has 0 fully saturated rings. The second-order valence-corrected chi connectivity index (χ2v) is 6.02. The van der Waals surface area contributed by atoms with Gasteiger partial charge in [-0.1, -0.05) is 41.0 Å². The van der Waals surface area contributed by atoms with Crippen LogP contribution in [0.15, 0.2) is 0 Å². The van der Waals surface area contributed by atoms with Gasteiger partial charge in [0, 0.05) is 11.6 Å². The van der Waals surface area contributed by atoms with Crippen molar-refractivity contribution in [3.05, 3.63) is 0 Å². The predicted octanol–water partition coefficient (Wildman–Crippen LogP) is 3.91. The Morgan fingerprint density at radius 3 is 1.94 bits per heavy atom. The van der Waals surface area contributed by atoms with Gasteiger partial charge in [0.1, 0.15) is 0 Å². The minimum Gasteiger partial charge on any atom is -0.312 e. The molecule has 18 heavy (non-hydrogen) atoms. The van der Waals surface area contributed by atoms with Gasteiger partial charge in [0.2, 0.25) is 0 Å². The van der Waals surface area contributed by atoms with Crippen LogP contribution in [0.3, 0.4) is 0 Å². The second-order valence-electron chi connectivity index (χ2n) is 6.02. The molecule has 0 saturated carbocycles. The van der Waals surface area contributed by atoms with E-state index in [0.717, 1.165) is 25.6 Å². The number of rotatable bonds is 10. The van der Waals surface area contributed by atoms with Crippen LogP contribution in [0, 0.1) is 5.92 Å². The van der Waals surface area contributed by atoms with Gasteiger partial charge in [0.25, 0.3) is 0 Å². The van der Waals surface area contributed by atoms with Gasteiger partial charge < -0.3 is 5.32 Å². The van der Waals surface area contributed by atoms with E-state index in [1.807, 2.05) is 0 Å². The smallest absolute Gasteiger partial charge is 0.0308 e. The van der Waals surface area contributed by atoms with Crippen LogP contribution in [0.4, 0.5) is 0 Å². The van der Waals surface area contributed by atoms with Crippen molar-refractivity contribution in [2.45, 2.75) is 79.3 Å². The van der Waals surface area contributed by atoms with Crippen molar-refractivity contribution in [1.29, 1.82) is 0 Å². The molecule has 0 heterocycles. The van der Waals surface area contributed by atoms with Gasteiger partial charge in [-0.2, -0.15) is 0 Å². The van der Waals surface area contributed by atoms with E-state index < -0.39 is 0 Å². The van der Waals surface area contributed by atoms with Crippen molar-refractivity contribution < 1.29 is 0 Å². The first-order valence-corrected chi connectivity index (χ1v) is 7.93. The third kappa shape index (κ3) is 4.89. The minimum absolute atomic E-state index is 0.229. The lowest BCUT2D eigenvalue weighted by atomic mass is 9.81.